The number of ether oxygens (including phenoxy) is 1. The van der Waals surface area contributed by atoms with Crippen LogP contribution in [0.15, 0.2) is 0 Å². The molecule has 0 spiro atoms. The zero-order valence-corrected chi connectivity index (χ0v) is 15.1. The monoisotopic (exact) mass is 336 g/mol. The highest BCUT2D eigenvalue weighted by molar-refractivity contribution is 5.85. The first-order valence-corrected chi connectivity index (χ1v) is 8.58. The molecule has 7 nitrogen and oxygen atoms in total. The van der Waals surface area contributed by atoms with Crippen LogP contribution in [0.2, 0.25) is 0 Å². The first-order chi connectivity index (χ1) is 11.5. The highest BCUT2D eigenvalue weighted by Crippen LogP contribution is 2.18. The maximum absolute atomic E-state index is 12.4. The number of amides is 2. The second-order valence-corrected chi connectivity index (χ2v) is 6.34. The molecule has 0 bridgehead atoms. The van der Waals surface area contributed by atoms with Gasteiger partial charge in [0.25, 0.3) is 0 Å². The number of hydrogen-bond acceptors (Lipinski definition) is 4. The molecule has 7 heteroatoms. The van der Waals surface area contributed by atoms with Gasteiger partial charge in [-0.25, -0.2) is 4.79 Å². The fourth-order valence-corrected chi connectivity index (χ4v) is 3.10. The van der Waals surface area contributed by atoms with E-state index in [4.69, 9.17) is 4.74 Å². The maximum Gasteiger partial charge on any atom is 0.410 e. The molecule has 24 heavy (non-hydrogen) atoms. The lowest BCUT2D eigenvalue weighted by atomic mass is 10.0. The summed E-state index contributed by atoms with van der Waals surface area (Å²) in [5.41, 5.74) is 3.44. The van der Waals surface area contributed by atoms with Gasteiger partial charge in [0.05, 0.1) is 12.8 Å². The predicted molar refractivity (Wildman–Crippen MR) is 90.8 cm³/mol. The van der Waals surface area contributed by atoms with Crippen molar-refractivity contribution in [1.82, 2.24) is 20.0 Å². The molecule has 1 atom stereocenters. The van der Waals surface area contributed by atoms with Crippen molar-refractivity contribution in [3.05, 3.63) is 17.0 Å². The summed E-state index contributed by atoms with van der Waals surface area (Å²) in [6.45, 7) is 8.05. The highest BCUT2D eigenvalue weighted by atomic mass is 16.5. The van der Waals surface area contributed by atoms with E-state index in [0.717, 1.165) is 31.5 Å². The average Bonchev–Trinajstić information content (AvgIpc) is 2.84. The van der Waals surface area contributed by atoms with Gasteiger partial charge in [-0.1, -0.05) is 0 Å². The molecule has 1 fully saturated rings. The Labute approximate surface area is 143 Å². The topological polar surface area (TPSA) is 76.5 Å². The van der Waals surface area contributed by atoms with Gasteiger partial charge in [0, 0.05) is 25.3 Å². The average molecular weight is 336 g/mol. The van der Waals surface area contributed by atoms with Gasteiger partial charge in [-0.3, -0.25) is 14.4 Å². The Bertz CT molecular complexity index is 597. The maximum atomic E-state index is 12.4. The minimum atomic E-state index is -0.423. The molecule has 2 heterocycles. The summed E-state index contributed by atoms with van der Waals surface area (Å²) in [5, 5.41) is 7.44. The van der Waals surface area contributed by atoms with Crippen LogP contribution >= 0.6 is 0 Å². The second kappa shape index (κ2) is 8.17. The highest BCUT2D eigenvalue weighted by Gasteiger charge is 2.32. The number of piperidine rings is 1. The molecule has 2 rings (SSSR count). The van der Waals surface area contributed by atoms with Gasteiger partial charge in [0.2, 0.25) is 5.91 Å². The third-order valence-electron chi connectivity index (χ3n) is 4.80. The van der Waals surface area contributed by atoms with Crippen molar-refractivity contribution in [2.45, 2.75) is 59.0 Å². The number of carbonyl (C=O) groups excluding carboxylic acids is 2. The lowest BCUT2D eigenvalue weighted by molar-refractivity contribution is -0.127. The fraction of sp³-hybridized carbons (Fsp3) is 0.706. The molecule has 2 amide bonds. The number of nitrogens with zero attached hydrogens (tertiary/aromatic N) is 3. The van der Waals surface area contributed by atoms with Gasteiger partial charge < -0.3 is 10.1 Å². The van der Waals surface area contributed by atoms with Crippen molar-refractivity contribution in [2.24, 2.45) is 0 Å². The molecule has 134 valence electrons. The standard InChI is InChI=1S/C17H28N4O3/c1-12-13(2)19-21(14(12)3)11-7-9-18-16(22)15-8-5-6-10-20(15)17(23)24-4/h15H,5-11H2,1-4H3,(H,18,22)/t15-/m0/s1. The number of carbonyl (C=O) groups is 2. The van der Waals surface area contributed by atoms with E-state index in [-0.39, 0.29) is 5.91 Å². The zero-order valence-electron chi connectivity index (χ0n) is 15.1. The van der Waals surface area contributed by atoms with E-state index in [1.165, 1.54) is 23.3 Å². The number of aromatic nitrogens is 2. The Kier molecular flexibility index (Phi) is 6.23. The molecular weight excluding hydrogens is 308 g/mol. The van der Waals surface area contributed by atoms with E-state index >= 15 is 0 Å². The molecule has 0 radical (unpaired) electrons. The number of nitrogens with one attached hydrogen (secondary N) is 1. The Morgan fingerprint density at radius 1 is 1.29 bits per heavy atom. The lowest BCUT2D eigenvalue weighted by Gasteiger charge is -2.33. The number of aryl methyl sites for hydroxylation is 2. The Morgan fingerprint density at radius 2 is 2.04 bits per heavy atom. The van der Waals surface area contributed by atoms with Gasteiger partial charge in [-0.05, 0) is 52.0 Å². The van der Waals surface area contributed by atoms with E-state index < -0.39 is 12.1 Å². The van der Waals surface area contributed by atoms with E-state index in [9.17, 15) is 9.59 Å². The summed E-state index contributed by atoms with van der Waals surface area (Å²) in [4.78, 5) is 25.7. The van der Waals surface area contributed by atoms with Crippen LogP contribution in [0.4, 0.5) is 4.79 Å². The number of rotatable bonds is 5. The Balaban J connectivity index is 1.81. The molecule has 1 N–H and O–H groups in total. The molecule has 0 saturated carbocycles. The summed E-state index contributed by atoms with van der Waals surface area (Å²) < 4.78 is 6.76. The van der Waals surface area contributed by atoms with Crippen LogP contribution < -0.4 is 5.32 Å². The molecular formula is C17H28N4O3. The number of hydrogen-bond donors (Lipinski definition) is 1. The van der Waals surface area contributed by atoms with E-state index in [0.29, 0.717) is 19.5 Å². The van der Waals surface area contributed by atoms with E-state index in [1.54, 1.807) is 0 Å². The van der Waals surface area contributed by atoms with Crippen molar-refractivity contribution in [2.75, 3.05) is 20.2 Å². The van der Waals surface area contributed by atoms with Gasteiger partial charge >= 0.3 is 6.09 Å². The van der Waals surface area contributed by atoms with Crippen molar-refractivity contribution in [3.63, 3.8) is 0 Å². The third kappa shape index (κ3) is 4.07. The number of likely N-dealkylation sites (tertiary alicyclic amines) is 1. The predicted octanol–water partition coefficient (Wildman–Crippen LogP) is 1.94. The van der Waals surface area contributed by atoms with Crippen molar-refractivity contribution >= 4 is 12.0 Å². The van der Waals surface area contributed by atoms with Crippen molar-refractivity contribution in [1.29, 1.82) is 0 Å². The lowest BCUT2D eigenvalue weighted by Crippen LogP contribution is -2.52. The summed E-state index contributed by atoms with van der Waals surface area (Å²) in [7, 11) is 1.35. The Hall–Kier alpha value is -2.05. The normalized spacial score (nSPS) is 17.7. The van der Waals surface area contributed by atoms with Crippen LogP contribution in [0.1, 0.15) is 42.6 Å². The largest absolute Gasteiger partial charge is 0.453 e. The summed E-state index contributed by atoms with van der Waals surface area (Å²) >= 11 is 0. The third-order valence-corrected chi connectivity index (χ3v) is 4.80. The van der Waals surface area contributed by atoms with Crippen LogP contribution in [0.3, 0.4) is 0 Å². The summed E-state index contributed by atoms with van der Waals surface area (Å²) in [5.74, 6) is -0.0929. The van der Waals surface area contributed by atoms with Crippen LogP contribution in [-0.2, 0) is 16.1 Å². The first kappa shape index (κ1) is 18.3. The molecule has 0 aromatic carbocycles. The first-order valence-electron chi connectivity index (χ1n) is 8.58. The van der Waals surface area contributed by atoms with Crippen LogP contribution in [-0.4, -0.2) is 52.9 Å². The minimum Gasteiger partial charge on any atom is -0.453 e. The van der Waals surface area contributed by atoms with E-state index in [2.05, 4.69) is 24.3 Å². The smallest absolute Gasteiger partial charge is 0.410 e. The molecule has 1 aromatic rings. The van der Waals surface area contributed by atoms with Gasteiger partial charge in [-0.2, -0.15) is 5.10 Å². The molecule has 1 aliphatic heterocycles. The summed E-state index contributed by atoms with van der Waals surface area (Å²) in [6, 6.07) is -0.415. The van der Waals surface area contributed by atoms with Gasteiger partial charge in [0.15, 0.2) is 0 Å². The van der Waals surface area contributed by atoms with Crippen molar-refractivity contribution < 1.29 is 14.3 Å². The van der Waals surface area contributed by atoms with Crippen LogP contribution in [0, 0.1) is 20.8 Å². The molecule has 0 aliphatic carbocycles. The SMILES string of the molecule is COC(=O)N1CCCC[C@H]1C(=O)NCCCn1nc(C)c(C)c1C. The van der Waals surface area contributed by atoms with Gasteiger partial charge in [0.1, 0.15) is 6.04 Å². The van der Waals surface area contributed by atoms with Crippen molar-refractivity contribution in [3.8, 4) is 0 Å². The molecule has 1 aromatic heterocycles. The molecule has 0 unspecified atom stereocenters. The zero-order chi connectivity index (χ0) is 17.7. The summed E-state index contributed by atoms with van der Waals surface area (Å²) in [6.07, 6.45) is 2.94. The quantitative estimate of drug-likeness (QED) is 0.834. The Morgan fingerprint density at radius 3 is 2.67 bits per heavy atom. The molecule has 1 saturated heterocycles. The van der Waals surface area contributed by atoms with Crippen LogP contribution in [0.25, 0.3) is 0 Å². The number of methoxy groups -OCH3 is 1. The minimum absolute atomic E-state index is 0.0929. The van der Waals surface area contributed by atoms with Crippen LogP contribution in [0.5, 0.6) is 0 Å². The van der Waals surface area contributed by atoms with E-state index in [1.807, 2.05) is 11.6 Å². The molecule has 1 aliphatic rings. The fourth-order valence-electron chi connectivity index (χ4n) is 3.10. The van der Waals surface area contributed by atoms with Gasteiger partial charge in [-0.15, -0.1) is 0 Å². The second-order valence-electron chi connectivity index (χ2n) is 6.34.